The van der Waals surface area contributed by atoms with Crippen LogP contribution in [0.25, 0.3) is 0 Å². The van der Waals surface area contributed by atoms with Gasteiger partial charge in [-0.25, -0.2) is 4.98 Å². The predicted octanol–water partition coefficient (Wildman–Crippen LogP) is 3.29. The lowest BCUT2D eigenvalue weighted by Crippen LogP contribution is -2.12. The van der Waals surface area contributed by atoms with Gasteiger partial charge in [-0.05, 0) is 31.5 Å². The number of ether oxygens (including phenoxy) is 2. The maximum absolute atomic E-state index is 5.23. The Balaban J connectivity index is 2.21. The van der Waals surface area contributed by atoms with Crippen molar-refractivity contribution in [3.63, 3.8) is 0 Å². The summed E-state index contributed by atoms with van der Waals surface area (Å²) in [4.78, 5) is 4.55. The molecule has 1 unspecified atom stereocenters. The van der Waals surface area contributed by atoms with E-state index in [9.17, 15) is 0 Å². The van der Waals surface area contributed by atoms with Crippen molar-refractivity contribution in [1.29, 1.82) is 0 Å². The van der Waals surface area contributed by atoms with Crippen molar-refractivity contribution in [2.45, 2.75) is 26.5 Å². The minimum Gasteiger partial charge on any atom is -0.383 e. The Morgan fingerprint density at radius 2 is 2.10 bits per heavy atom. The van der Waals surface area contributed by atoms with E-state index in [4.69, 9.17) is 9.47 Å². The van der Waals surface area contributed by atoms with Crippen molar-refractivity contribution in [2.75, 3.05) is 26.1 Å². The van der Waals surface area contributed by atoms with Crippen molar-refractivity contribution < 1.29 is 9.47 Å². The summed E-state index contributed by atoms with van der Waals surface area (Å²) in [6, 6.07) is 8.36. The van der Waals surface area contributed by atoms with Crippen LogP contribution in [0.5, 0.6) is 0 Å². The highest BCUT2D eigenvalue weighted by molar-refractivity contribution is 5.55. The number of benzene rings is 1. The molecule has 1 heterocycles. The first-order chi connectivity index (χ1) is 10.1. The molecular formula is C16H23N3O2. The molecule has 0 fully saturated rings. The molecule has 2 rings (SSSR count). The molecule has 1 N–H and O–H groups in total. The van der Waals surface area contributed by atoms with Gasteiger partial charge in [0.15, 0.2) is 0 Å². The number of nitrogens with zero attached hydrogens (tertiary/aromatic N) is 2. The van der Waals surface area contributed by atoms with E-state index in [0.29, 0.717) is 13.2 Å². The van der Waals surface area contributed by atoms with E-state index in [1.54, 1.807) is 14.2 Å². The van der Waals surface area contributed by atoms with E-state index in [0.717, 1.165) is 22.9 Å². The molecule has 0 saturated carbocycles. The second-order valence-corrected chi connectivity index (χ2v) is 5.18. The lowest BCUT2D eigenvalue weighted by molar-refractivity contribution is 0.163. The number of anilines is 2. The van der Waals surface area contributed by atoms with Crippen molar-refractivity contribution in [3.05, 3.63) is 41.7 Å². The molecule has 2 aromatic rings. The quantitative estimate of drug-likeness (QED) is 0.849. The Bertz CT molecular complexity index is 581. The van der Waals surface area contributed by atoms with Gasteiger partial charge in [-0.2, -0.15) is 0 Å². The highest BCUT2D eigenvalue weighted by Gasteiger charge is 2.12. The Hall–Kier alpha value is -1.85. The summed E-state index contributed by atoms with van der Waals surface area (Å²) < 4.78 is 12.5. The Morgan fingerprint density at radius 3 is 2.81 bits per heavy atom. The topological polar surface area (TPSA) is 48.3 Å². The molecule has 0 saturated heterocycles. The van der Waals surface area contributed by atoms with Crippen LogP contribution < -0.4 is 5.32 Å². The monoisotopic (exact) mass is 289 g/mol. The highest BCUT2D eigenvalue weighted by Crippen LogP contribution is 2.21. The third kappa shape index (κ3) is 4.06. The normalized spacial score (nSPS) is 12.4. The molecule has 0 aliphatic carbocycles. The first-order valence-electron chi connectivity index (χ1n) is 7.03. The number of hydrogen-bond acceptors (Lipinski definition) is 4. The summed E-state index contributed by atoms with van der Waals surface area (Å²) in [7, 11) is 3.41. The summed E-state index contributed by atoms with van der Waals surface area (Å²) in [5.41, 5.74) is 3.11. The zero-order chi connectivity index (χ0) is 15.2. The van der Waals surface area contributed by atoms with Crippen molar-refractivity contribution in [3.8, 4) is 0 Å². The fourth-order valence-electron chi connectivity index (χ4n) is 2.30. The molecule has 0 bridgehead atoms. The average Bonchev–Trinajstić information content (AvgIpc) is 2.81. The predicted molar refractivity (Wildman–Crippen MR) is 84.0 cm³/mol. The third-order valence-corrected chi connectivity index (χ3v) is 3.23. The van der Waals surface area contributed by atoms with Gasteiger partial charge in [0.25, 0.3) is 0 Å². The van der Waals surface area contributed by atoms with Gasteiger partial charge in [-0.3, -0.25) is 0 Å². The maximum Gasteiger partial charge on any atom is 0.207 e. The van der Waals surface area contributed by atoms with Crippen LogP contribution in [0.3, 0.4) is 0 Å². The smallest absolute Gasteiger partial charge is 0.207 e. The Labute approximate surface area is 125 Å². The molecular weight excluding hydrogens is 266 g/mol. The number of nitrogens with one attached hydrogen (secondary N) is 1. The van der Waals surface area contributed by atoms with Crippen LogP contribution >= 0.6 is 0 Å². The van der Waals surface area contributed by atoms with Crippen molar-refractivity contribution >= 4 is 11.6 Å². The molecule has 5 heteroatoms. The summed E-state index contributed by atoms with van der Waals surface area (Å²) in [5, 5.41) is 3.37. The van der Waals surface area contributed by atoms with Gasteiger partial charge in [0.2, 0.25) is 5.95 Å². The first kappa shape index (κ1) is 15.5. The first-order valence-corrected chi connectivity index (χ1v) is 7.03. The molecule has 0 amide bonds. The number of aromatic nitrogens is 2. The summed E-state index contributed by atoms with van der Waals surface area (Å²) in [6.07, 6.45) is 2.03. The highest BCUT2D eigenvalue weighted by atomic mass is 16.5. The Kier molecular flexibility index (Phi) is 5.36. The number of aryl methyl sites for hydroxylation is 1. The van der Waals surface area contributed by atoms with E-state index in [1.807, 2.05) is 31.3 Å². The molecule has 0 spiro atoms. The standard InChI is InChI=1S/C16H23N3O2/c1-12-9-19(13(2)10-20-3)16(17-12)18-15-7-5-6-14(8-15)11-21-4/h5-9,13H,10-11H2,1-4H3,(H,17,18). The fourth-order valence-corrected chi connectivity index (χ4v) is 2.30. The lowest BCUT2D eigenvalue weighted by Gasteiger charge is -2.16. The average molecular weight is 289 g/mol. The second-order valence-electron chi connectivity index (χ2n) is 5.18. The van der Waals surface area contributed by atoms with Crippen molar-refractivity contribution in [1.82, 2.24) is 9.55 Å². The van der Waals surface area contributed by atoms with E-state index < -0.39 is 0 Å². The molecule has 0 aliphatic heterocycles. The molecule has 1 aromatic carbocycles. The van der Waals surface area contributed by atoms with Gasteiger partial charge in [-0.1, -0.05) is 12.1 Å². The van der Waals surface area contributed by atoms with Crippen LogP contribution in [0.1, 0.15) is 24.2 Å². The lowest BCUT2D eigenvalue weighted by atomic mass is 10.2. The van der Waals surface area contributed by atoms with Crippen LogP contribution in [0.4, 0.5) is 11.6 Å². The van der Waals surface area contributed by atoms with Gasteiger partial charge >= 0.3 is 0 Å². The van der Waals surface area contributed by atoms with Crippen LogP contribution in [-0.2, 0) is 16.1 Å². The van der Waals surface area contributed by atoms with Crippen LogP contribution in [-0.4, -0.2) is 30.4 Å². The van der Waals surface area contributed by atoms with Crippen LogP contribution in [0, 0.1) is 6.92 Å². The van der Waals surface area contributed by atoms with Crippen LogP contribution in [0.15, 0.2) is 30.5 Å². The van der Waals surface area contributed by atoms with E-state index in [2.05, 4.69) is 27.9 Å². The minimum atomic E-state index is 0.223. The summed E-state index contributed by atoms with van der Waals surface area (Å²) in [5.74, 6) is 0.826. The van der Waals surface area contributed by atoms with Gasteiger partial charge < -0.3 is 19.4 Å². The number of hydrogen-bond donors (Lipinski definition) is 1. The maximum atomic E-state index is 5.23. The Morgan fingerprint density at radius 1 is 1.29 bits per heavy atom. The van der Waals surface area contributed by atoms with Crippen LogP contribution in [0.2, 0.25) is 0 Å². The summed E-state index contributed by atoms with van der Waals surface area (Å²) in [6.45, 7) is 5.34. The van der Waals surface area contributed by atoms with Crippen molar-refractivity contribution in [2.24, 2.45) is 0 Å². The molecule has 1 aromatic heterocycles. The van der Waals surface area contributed by atoms with Gasteiger partial charge in [0.1, 0.15) is 0 Å². The zero-order valence-corrected chi connectivity index (χ0v) is 13.1. The zero-order valence-electron chi connectivity index (χ0n) is 13.1. The van der Waals surface area contributed by atoms with E-state index >= 15 is 0 Å². The molecule has 0 aliphatic rings. The molecule has 5 nitrogen and oxygen atoms in total. The van der Waals surface area contributed by atoms with E-state index in [-0.39, 0.29) is 6.04 Å². The number of methoxy groups -OCH3 is 2. The molecule has 114 valence electrons. The van der Waals surface area contributed by atoms with Gasteiger partial charge in [0.05, 0.1) is 24.9 Å². The number of rotatable bonds is 7. The fraction of sp³-hybridized carbons (Fsp3) is 0.438. The largest absolute Gasteiger partial charge is 0.383 e. The van der Waals surface area contributed by atoms with E-state index in [1.165, 1.54) is 0 Å². The third-order valence-electron chi connectivity index (χ3n) is 3.23. The molecule has 1 atom stereocenters. The summed E-state index contributed by atoms with van der Waals surface area (Å²) >= 11 is 0. The van der Waals surface area contributed by atoms with Gasteiger partial charge in [0, 0.05) is 26.1 Å². The minimum absolute atomic E-state index is 0.223. The SMILES string of the molecule is COCc1cccc(Nc2nc(C)cn2C(C)COC)c1. The van der Waals surface area contributed by atoms with Gasteiger partial charge in [-0.15, -0.1) is 0 Å². The molecule has 0 radical (unpaired) electrons. The second kappa shape index (κ2) is 7.24. The molecule has 21 heavy (non-hydrogen) atoms. The number of imidazole rings is 1.